The van der Waals surface area contributed by atoms with E-state index < -0.39 is 29.0 Å². The van der Waals surface area contributed by atoms with Crippen molar-refractivity contribution >= 4 is 11.3 Å². The van der Waals surface area contributed by atoms with Crippen molar-refractivity contribution in [1.29, 1.82) is 0 Å². The van der Waals surface area contributed by atoms with Crippen LogP contribution in [0, 0.1) is 6.92 Å². The normalized spacial score (nSPS) is 12.7. The zero-order chi connectivity index (χ0) is 18.1. The molecule has 7 heteroatoms. The summed E-state index contributed by atoms with van der Waals surface area (Å²) in [5, 5.41) is 0. The third-order valence-corrected chi connectivity index (χ3v) is 4.63. The van der Waals surface area contributed by atoms with Gasteiger partial charge in [-0.1, -0.05) is 13.3 Å². The molecule has 0 fully saturated rings. The van der Waals surface area contributed by atoms with Gasteiger partial charge in [-0.15, -0.1) is 11.3 Å². The van der Waals surface area contributed by atoms with Crippen LogP contribution in [-0.2, 0) is 18.8 Å². The molecule has 0 saturated heterocycles. The molecule has 0 unspecified atom stereocenters. The fraction of sp³-hybridized carbons (Fsp3) is 0.412. The molecule has 24 heavy (non-hydrogen) atoms. The van der Waals surface area contributed by atoms with Crippen LogP contribution >= 0.6 is 11.3 Å². The molecule has 0 spiro atoms. The summed E-state index contributed by atoms with van der Waals surface area (Å²) in [7, 11) is 0. The average Bonchev–Trinajstić information content (AvgIpc) is 2.88. The Morgan fingerprint density at radius 3 is 1.83 bits per heavy atom. The standard InChI is InChI=1S/C17H16F6S/c1-3-4-5-11-8-12(16(18,19)20)15(13(9-11)17(21,22)23)14-7-6-10(2)24-14/h6-9H,3-5H2,1-2H3. The quantitative estimate of drug-likeness (QED) is 0.506. The molecule has 0 bridgehead atoms. The fourth-order valence-electron chi connectivity index (χ4n) is 2.51. The fourth-order valence-corrected chi connectivity index (χ4v) is 3.45. The Kier molecular flexibility index (Phi) is 5.32. The number of halogens is 6. The minimum Gasteiger partial charge on any atom is -0.166 e. The van der Waals surface area contributed by atoms with Gasteiger partial charge >= 0.3 is 12.4 Å². The summed E-state index contributed by atoms with van der Waals surface area (Å²) < 4.78 is 80.7. The maximum absolute atomic E-state index is 13.4. The summed E-state index contributed by atoms with van der Waals surface area (Å²) in [6.45, 7) is 3.47. The largest absolute Gasteiger partial charge is 0.417 e. The summed E-state index contributed by atoms with van der Waals surface area (Å²) >= 11 is 0.925. The van der Waals surface area contributed by atoms with E-state index in [0.717, 1.165) is 23.5 Å². The lowest BCUT2D eigenvalue weighted by atomic mass is 9.93. The van der Waals surface area contributed by atoms with Crippen LogP contribution in [0.15, 0.2) is 24.3 Å². The Hall–Kier alpha value is -1.50. The second-order valence-corrected chi connectivity index (χ2v) is 6.86. The summed E-state index contributed by atoms with van der Waals surface area (Å²) in [4.78, 5) is 0.635. The molecule has 0 amide bonds. The predicted molar refractivity (Wildman–Crippen MR) is 83.1 cm³/mol. The van der Waals surface area contributed by atoms with E-state index >= 15 is 0 Å². The molecule has 0 radical (unpaired) electrons. The van der Waals surface area contributed by atoms with Crippen LogP contribution in [0.25, 0.3) is 10.4 Å². The molecule has 1 aromatic heterocycles. The highest BCUT2D eigenvalue weighted by molar-refractivity contribution is 7.15. The van der Waals surface area contributed by atoms with Gasteiger partial charge in [0.25, 0.3) is 0 Å². The Balaban J connectivity index is 2.77. The van der Waals surface area contributed by atoms with Crippen LogP contribution in [0.4, 0.5) is 26.3 Å². The van der Waals surface area contributed by atoms with Gasteiger partial charge in [0.2, 0.25) is 0 Å². The van der Waals surface area contributed by atoms with Crippen molar-refractivity contribution in [1.82, 2.24) is 0 Å². The third kappa shape index (κ3) is 4.12. The van der Waals surface area contributed by atoms with E-state index in [1.54, 1.807) is 6.92 Å². The van der Waals surface area contributed by atoms with Crippen molar-refractivity contribution in [3.8, 4) is 10.4 Å². The van der Waals surface area contributed by atoms with E-state index in [1.807, 2.05) is 6.92 Å². The SMILES string of the molecule is CCCCc1cc(C(F)(F)F)c(-c2ccc(C)s2)c(C(F)(F)F)c1. The van der Waals surface area contributed by atoms with Crippen molar-refractivity contribution < 1.29 is 26.3 Å². The van der Waals surface area contributed by atoms with Gasteiger partial charge in [0.1, 0.15) is 0 Å². The maximum atomic E-state index is 13.4. The number of thiophene rings is 1. The van der Waals surface area contributed by atoms with E-state index in [0.29, 0.717) is 17.7 Å². The van der Waals surface area contributed by atoms with Gasteiger partial charge in [-0.05, 0) is 49.6 Å². The van der Waals surface area contributed by atoms with Crippen LogP contribution in [0.3, 0.4) is 0 Å². The van der Waals surface area contributed by atoms with E-state index in [-0.39, 0.29) is 16.9 Å². The Bertz CT molecular complexity index is 674. The van der Waals surface area contributed by atoms with Gasteiger partial charge in [0.15, 0.2) is 0 Å². The van der Waals surface area contributed by atoms with Gasteiger partial charge in [-0.2, -0.15) is 26.3 Å². The zero-order valence-corrected chi connectivity index (χ0v) is 13.9. The lowest BCUT2D eigenvalue weighted by Gasteiger charge is -2.20. The number of rotatable bonds is 4. The molecular weight excluding hydrogens is 350 g/mol. The first kappa shape index (κ1) is 18.8. The van der Waals surface area contributed by atoms with Gasteiger partial charge in [0.05, 0.1) is 11.1 Å². The van der Waals surface area contributed by atoms with E-state index in [9.17, 15) is 26.3 Å². The lowest BCUT2D eigenvalue weighted by molar-refractivity contribution is -0.142. The monoisotopic (exact) mass is 366 g/mol. The minimum atomic E-state index is -4.85. The number of unbranched alkanes of at least 4 members (excludes halogenated alkanes) is 1. The second-order valence-electron chi connectivity index (χ2n) is 5.58. The van der Waals surface area contributed by atoms with Gasteiger partial charge in [-0.25, -0.2) is 0 Å². The maximum Gasteiger partial charge on any atom is 0.417 e. The smallest absolute Gasteiger partial charge is 0.166 e. The van der Waals surface area contributed by atoms with Crippen LogP contribution in [-0.4, -0.2) is 0 Å². The van der Waals surface area contributed by atoms with Crippen molar-refractivity contribution in [2.75, 3.05) is 0 Å². The Morgan fingerprint density at radius 2 is 1.46 bits per heavy atom. The minimum absolute atomic E-state index is 0.0193. The van der Waals surface area contributed by atoms with E-state index in [4.69, 9.17) is 0 Å². The molecule has 0 aliphatic carbocycles. The number of alkyl halides is 6. The topological polar surface area (TPSA) is 0 Å². The van der Waals surface area contributed by atoms with Crippen LogP contribution in [0.2, 0.25) is 0 Å². The molecule has 0 nitrogen and oxygen atoms in total. The Labute approximate surface area is 140 Å². The average molecular weight is 366 g/mol. The molecule has 1 aromatic carbocycles. The highest BCUT2D eigenvalue weighted by Crippen LogP contribution is 2.47. The molecular formula is C17H16F6S. The molecule has 1 heterocycles. The number of hydrogen-bond donors (Lipinski definition) is 0. The van der Waals surface area contributed by atoms with Crippen molar-refractivity contribution in [3.05, 3.63) is 45.8 Å². The van der Waals surface area contributed by atoms with Crippen molar-refractivity contribution in [2.45, 2.75) is 45.5 Å². The molecule has 0 N–H and O–H groups in total. The number of benzene rings is 1. The molecule has 0 aliphatic heterocycles. The van der Waals surface area contributed by atoms with Crippen LogP contribution in [0.1, 0.15) is 41.3 Å². The lowest BCUT2D eigenvalue weighted by Crippen LogP contribution is -2.15. The molecule has 2 aromatic rings. The first-order chi connectivity index (χ1) is 11.0. The summed E-state index contributed by atoms with van der Waals surface area (Å²) in [6, 6.07) is 4.54. The highest BCUT2D eigenvalue weighted by Gasteiger charge is 2.42. The third-order valence-electron chi connectivity index (χ3n) is 3.61. The molecule has 0 atom stereocenters. The van der Waals surface area contributed by atoms with Crippen LogP contribution in [0.5, 0.6) is 0 Å². The second kappa shape index (κ2) is 6.78. The highest BCUT2D eigenvalue weighted by atomic mass is 32.1. The van der Waals surface area contributed by atoms with Gasteiger partial charge < -0.3 is 0 Å². The predicted octanol–water partition coefficient (Wildman–Crippen LogP) is 7.10. The Morgan fingerprint density at radius 1 is 0.917 bits per heavy atom. The number of aryl methyl sites for hydroxylation is 2. The first-order valence-corrected chi connectivity index (χ1v) is 8.23. The first-order valence-electron chi connectivity index (χ1n) is 7.42. The molecule has 132 valence electrons. The molecule has 0 saturated carbocycles. The van der Waals surface area contributed by atoms with Crippen molar-refractivity contribution in [3.63, 3.8) is 0 Å². The summed E-state index contributed by atoms with van der Waals surface area (Å²) in [6.07, 6.45) is -8.29. The molecule has 2 rings (SSSR count). The number of hydrogen-bond acceptors (Lipinski definition) is 1. The summed E-state index contributed by atoms with van der Waals surface area (Å²) in [5.74, 6) is 0. The van der Waals surface area contributed by atoms with Gasteiger partial charge in [-0.3, -0.25) is 0 Å². The van der Waals surface area contributed by atoms with Crippen molar-refractivity contribution in [2.24, 2.45) is 0 Å². The van der Waals surface area contributed by atoms with E-state index in [2.05, 4.69) is 0 Å². The zero-order valence-electron chi connectivity index (χ0n) is 13.1. The van der Waals surface area contributed by atoms with Gasteiger partial charge in [0, 0.05) is 15.3 Å². The summed E-state index contributed by atoms with van der Waals surface area (Å²) in [5.41, 5.74) is -3.14. The van der Waals surface area contributed by atoms with E-state index in [1.165, 1.54) is 12.1 Å². The molecule has 0 aliphatic rings. The van der Waals surface area contributed by atoms with Crippen LogP contribution < -0.4 is 0 Å².